The molecular weight excluding hydrogens is 192 g/mol. The number of piperidine rings is 1. The molecule has 1 unspecified atom stereocenters. The van der Waals surface area contributed by atoms with Gasteiger partial charge in [0.2, 0.25) is 0 Å². The third-order valence-corrected chi connectivity index (χ3v) is 2.60. The first-order valence-electron chi connectivity index (χ1n) is 5.97. The lowest BCUT2D eigenvalue weighted by molar-refractivity contribution is 0.138. The minimum Gasteiger partial charge on any atom is -0.450 e. The molecule has 4 heteroatoms. The summed E-state index contributed by atoms with van der Waals surface area (Å²) >= 11 is 0. The lowest BCUT2D eigenvalue weighted by atomic mass is 10.1. The van der Waals surface area contributed by atoms with Gasteiger partial charge in [0.05, 0.1) is 6.61 Å². The summed E-state index contributed by atoms with van der Waals surface area (Å²) in [5.74, 6) is 0. The maximum absolute atomic E-state index is 11.3. The van der Waals surface area contributed by atoms with Crippen LogP contribution >= 0.6 is 0 Å². The second-order valence-electron chi connectivity index (χ2n) is 4.03. The molecular formula is C11H22N2O2. The zero-order valence-electron chi connectivity index (χ0n) is 9.55. The molecule has 0 aromatic carbocycles. The van der Waals surface area contributed by atoms with Gasteiger partial charge in [-0.2, -0.15) is 0 Å². The van der Waals surface area contributed by atoms with Gasteiger partial charge in [-0.05, 0) is 25.8 Å². The standard InChI is InChI=1S/C11H22N2O2/c1-2-3-4-8-15-11(14)13-10-6-5-7-12-9-10/h10,12H,2-9H2,1H3,(H,13,14). The molecule has 1 fully saturated rings. The predicted octanol–water partition coefficient (Wildman–Crippen LogP) is 1.65. The van der Waals surface area contributed by atoms with E-state index in [1.807, 2.05) is 0 Å². The average molecular weight is 214 g/mol. The molecule has 0 saturated carbocycles. The smallest absolute Gasteiger partial charge is 0.407 e. The molecule has 1 amide bonds. The third kappa shape index (κ3) is 5.62. The van der Waals surface area contributed by atoms with Crippen LogP contribution in [0, 0.1) is 0 Å². The van der Waals surface area contributed by atoms with E-state index in [-0.39, 0.29) is 12.1 Å². The van der Waals surface area contributed by atoms with Crippen LogP contribution in [0.4, 0.5) is 4.79 Å². The summed E-state index contributed by atoms with van der Waals surface area (Å²) in [7, 11) is 0. The van der Waals surface area contributed by atoms with Crippen LogP contribution in [-0.4, -0.2) is 31.8 Å². The Balaban J connectivity index is 2.01. The second kappa shape index (κ2) is 7.51. The van der Waals surface area contributed by atoms with E-state index in [2.05, 4.69) is 17.6 Å². The van der Waals surface area contributed by atoms with Crippen LogP contribution in [0.5, 0.6) is 0 Å². The molecule has 1 aliphatic rings. The van der Waals surface area contributed by atoms with E-state index < -0.39 is 0 Å². The third-order valence-electron chi connectivity index (χ3n) is 2.60. The van der Waals surface area contributed by atoms with Gasteiger partial charge in [-0.25, -0.2) is 4.79 Å². The zero-order valence-corrected chi connectivity index (χ0v) is 9.55. The van der Waals surface area contributed by atoms with E-state index in [1.165, 1.54) is 0 Å². The van der Waals surface area contributed by atoms with Crippen molar-refractivity contribution in [1.29, 1.82) is 0 Å². The lowest BCUT2D eigenvalue weighted by Gasteiger charge is -2.23. The van der Waals surface area contributed by atoms with Crippen LogP contribution < -0.4 is 10.6 Å². The number of carbonyl (C=O) groups excluding carboxylic acids is 1. The minimum atomic E-state index is -0.264. The van der Waals surface area contributed by atoms with Crippen LogP contribution in [0.1, 0.15) is 39.0 Å². The number of alkyl carbamates (subject to hydrolysis) is 1. The van der Waals surface area contributed by atoms with Gasteiger partial charge < -0.3 is 15.4 Å². The molecule has 0 radical (unpaired) electrons. The van der Waals surface area contributed by atoms with Gasteiger partial charge in [0.1, 0.15) is 0 Å². The highest BCUT2D eigenvalue weighted by Crippen LogP contribution is 2.01. The molecule has 1 aliphatic heterocycles. The SMILES string of the molecule is CCCCCOC(=O)NC1CCCNC1. The second-order valence-corrected chi connectivity index (χ2v) is 4.03. The molecule has 4 nitrogen and oxygen atoms in total. The quantitative estimate of drug-likeness (QED) is 0.684. The van der Waals surface area contributed by atoms with Gasteiger partial charge in [-0.15, -0.1) is 0 Å². The molecule has 1 heterocycles. The van der Waals surface area contributed by atoms with Crippen LogP contribution in [0.15, 0.2) is 0 Å². The van der Waals surface area contributed by atoms with Gasteiger partial charge >= 0.3 is 6.09 Å². The topological polar surface area (TPSA) is 50.4 Å². The fourth-order valence-corrected chi connectivity index (χ4v) is 1.70. The van der Waals surface area contributed by atoms with Crippen molar-refractivity contribution in [2.45, 2.75) is 45.1 Å². The first kappa shape index (κ1) is 12.3. The van der Waals surface area contributed by atoms with Crippen LogP contribution in [0.2, 0.25) is 0 Å². The summed E-state index contributed by atoms with van der Waals surface area (Å²) in [5.41, 5.74) is 0. The van der Waals surface area contributed by atoms with E-state index in [0.29, 0.717) is 6.61 Å². The average Bonchev–Trinajstić information content (AvgIpc) is 2.26. The van der Waals surface area contributed by atoms with Gasteiger partial charge in [-0.1, -0.05) is 19.8 Å². The normalized spacial score (nSPS) is 21.0. The Bertz CT molecular complexity index is 179. The predicted molar refractivity (Wildman–Crippen MR) is 59.9 cm³/mol. The molecule has 1 saturated heterocycles. The summed E-state index contributed by atoms with van der Waals surface area (Å²) in [4.78, 5) is 11.3. The lowest BCUT2D eigenvalue weighted by Crippen LogP contribution is -2.45. The molecule has 0 aromatic rings. The molecule has 88 valence electrons. The number of amides is 1. The molecule has 0 aliphatic carbocycles. The summed E-state index contributed by atoms with van der Waals surface area (Å²) in [6.45, 7) is 4.60. The molecule has 1 rings (SSSR count). The summed E-state index contributed by atoms with van der Waals surface area (Å²) in [5, 5.41) is 6.12. The molecule has 0 aromatic heterocycles. The van der Waals surface area contributed by atoms with Gasteiger partial charge in [0.25, 0.3) is 0 Å². The van der Waals surface area contributed by atoms with Gasteiger partial charge in [0.15, 0.2) is 0 Å². The van der Waals surface area contributed by atoms with E-state index in [4.69, 9.17) is 4.74 Å². The van der Waals surface area contributed by atoms with Crippen molar-refractivity contribution in [2.24, 2.45) is 0 Å². The fourth-order valence-electron chi connectivity index (χ4n) is 1.70. The minimum absolute atomic E-state index is 0.248. The Hall–Kier alpha value is -0.770. The summed E-state index contributed by atoms with van der Waals surface area (Å²) in [6.07, 6.45) is 5.15. The molecule has 15 heavy (non-hydrogen) atoms. The van der Waals surface area contributed by atoms with Crippen molar-refractivity contribution in [1.82, 2.24) is 10.6 Å². The van der Waals surface area contributed by atoms with Crippen molar-refractivity contribution in [2.75, 3.05) is 19.7 Å². The van der Waals surface area contributed by atoms with Crippen LogP contribution in [-0.2, 0) is 4.74 Å². The monoisotopic (exact) mass is 214 g/mol. The Kier molecular flexibility index (Phi) is 6.16. The highest BCUT2D eigenvalue weighted by atomic mass is 16.5. The molecule has 2 N–H and O–H groups in total. The Morgan fingerprint density at radius 3 is 3.07 bits per heavy atom. The zero-order chi connectivity index (χ0) is 10.9. The Morgan fingerprint density at radius 2 is 2.40 bits per heavy atom. The largest absolute Gasteiger partial charge is 0.450 e. The van der Waals surface area contributed by atoms with E-state index >= 15 is 0 Å². The van der Waals surface area contributed by atoms with Crippen molar-refractivity contribution in [3.05, 3.63) is 0 Å². The Morgan fingerprint density at radius 1 is 1.53 bits per heavy atom. The maximum Gasteiger partial charge on any atom is 0.407 e. The maximum atomic E-state index is 11.3. The molecule has 0 spiro atoms. The number of hydrogen-bond donors (Lipinski definition) is 2. The van der Waals surface area contributed by atoms with Crippen molar-refractivity contribution in [3.63, 3.8) is 0 Å². The fraction of sp³-hybridized carbons (Fsp3) is 0.909. The van der Waals surface area contributed by atoms with E-state index in [0.717, 1.165) is 45.2 Å². The number of rotatable bonds is 5. The van der Waals surface area contributed by atoms with Crippen LogP contribution in [0.25, 0.3) is 0 Å². The highest BCUT2D eigenvalue weighted by Gasteiger charge is 2.15. The van der Waals surface area contributed by atoms with Crippen LogP contribution in [0.3, 0.4) is 0 Å². The number of ether oxygens (including phenoxy) is 1. The number of hydrogen-bond acceptors (Lipinski definition) is 3. The van der Waals surface area contributed by atoms with Crippen molar-refractivity contribution >= 4 is 6.09 Å². The van der Waals surface area contributed by atoms with E-state index in [1.54, 1.807) is 0 Å². The number of carbonyl (C=O) groups is 1. The van der Waals surface area contributed by atoms with Gasteiger partial charge in [0, 0.05) is 12.6 Å². The van der Waals surface area contributed by atoms with Crippen molar-refractivity contribution in [3.8, 4) is 0 Å². The summed E-state index contributed by atoms with van der Waals surface area (Å²) in [6, 6.07) is 0.248. The van der Waals surface area contributed by atoms with E-state index in [9.17, 15) is 4.79 Å². The highest BCUT2D eigenvalue weighted by molar-refractivity contribution is 5.67. The Labute approximate surface area is 91.8 Å². The van der Waals surface area contributed by atoms with Gasteiger partial charge in [-0.3, -0.25) is 0 Å². The number of unbranched alkanes of at least 4 members (excludes halogenated alkanes) is 2. The summed E-state index contributed by atoms with van der Waals surface area (Å²) < 4.78 is 5.07. The molecule has 1 atom stereocenters. The first-order chi connectivity index (χ1) is 7.33. The van der Waals surface area contributed by atoms with Crippen molar-refractivity contribution < 1.29 is 9.53 Å². The molecule has 0 bridgehead atoms. The first-order valence-corrected chi connectivity index (χ1v) is 5.97. The number of nitrogens with one attached hydrogen (secondary N) is 2.